The minimum absolute atomic E-state index is 0.154. The Hall–Kier alpha value is -2.48. The number of carboxylic acids is 1. The monoisotopic (exact) mass is 351 g/mol. The van der Waals surface area contributed by atoms with Crippen LogP contribution < -0.4 is 0 Å². The lowest BCUT2D eigenvalue weighted by molar-refractivity contribution is -0.145. The fourth-order valence-electron chi connectivity index (χ4n) is 2.10. The Balaban J connectivity index is 2.07. The molecule has 0 bridgehead atoms. The number of benzene rings is 1. The minimum atomic E-state index is -1.06. The quantitative estimate of drug-likeness (QED) is 0.812. The standard InChI is InChI=1S/C15H18ClN5O3/c1-10(2)7-20(9-14(23)24)13(22)8-21-18-15(17-19-21)11-3-5-12(16)6-4-11/h3-6,10H,7-9H2,1-2H3,(H,23,24). The molecule has 9 heteroatoms. The number of nitrogens with zero attached hydrogens (tertiary/aromatic N) is 5. The van der Waals surface area contributed by atoms with Gasteiger partial charge in [0, 0.05) is 17.1 Å². The lowest BCUT2D eigenvalue weighted by Gasteiger charge is -2.22. The van der Waals surface area contributed by atoms with E-state index in [1.807, 2.05) is 13.8 Å². The van der Waals surface area contributed by atoms with Gasteiger partial charge in [0.05, 0.1) is 0 Å². The molecule has 24 heavy (non-hydrogen) atoms. The molecule has 0 spiro atoms. The molecule has 2 rings (SSSR count). The zero-order valence-electron chi connectivity index (χ0n) is 13.4. The number of halogens is 1. The zero-order valence-corrected chi connectivity index (χ0v) is 14.1. The van der Waals surface area contributed by atoms with Gasteiger partial charge in [0.1, 0.15) is 13.1 Å². The fourth-order valence-corrected chi connectivity index (χ4v) is 2.23. The van der Waals surface area contributed by atoms with Crippen LogP contribution >= 0.6 is 11.6 Å². The predicted octanol–water partition coefficient (Wildman–Crippen LogP) is 1.56. The van der Waals surface area contributed by atoms with E-state index in [9.17, 15) is 9.59 Å². The second-order valence-electron chi connectivity index (χ2n) is 5.71. The van der Waals surface area contributed by atoms with Crippen LogP contribution in [0.2, 0.25) is 5.02 Å². The van der Waals surface area contributed by atoms with Gasteiger partial charge in [-0.2, -0.15) is 4.80 Å². The van der Waals surface area contributed by atoms with E-state index in [2.05, 4.69) is 15.4 Å². The molecule has 0 radical (unpaired) electrons. The summed E-state index contributed by atoms with van der Waals surface area (Å²) in [6.07, 6.45) is 0. The van der Waals surface area contributed by atoms with Crippen LogP contribution in [0.3, 0.4) is 0 Å². The summed E-state index contributed by atoms with van der Waals surface area (Å²) in [6.45, 7) is 3.66. The molecule has 0 saturated carbocycles. The second kappa shape index (κ2) is 7.87. The maximum atomic E-state index is 12.3. The summed E-state index contributed by atoms with van der Waals surface area (Å²) < 4.78 is 0. The van der Waals surface area contributed by atoms with E-state index in [1.54, 1.807) is 24.3 Å². The Morgan fingerprint density at radius 1 is 1.29 bits per heavy atom. The fraction of sp³-hybridized carbons (Fsp3) is 0.400. The molecule has 0 aliphatic carbocycles. The predicted molar refractivity (Wildman–Crippen MR) is 87.3 cm³/mol. The van der Waals surface area contributed by atoms with Crippen LogP contribution in [0, 0.1) is 5.92 Å². The van der Waals surface area contributed by atoms with Gasteiger partial charge in [-0.05, 0) is 35.4 Å². The molecule has 0 fully saturated rings. The summed E-state index contributed by atoms with van der Waals surface area (Å²) in [6, 6.07) is 6.92. The van der Waals surface area contributed by atoms with Gasteiger partial charge in [0.15, 0.2) is 0 Å². The number of aliphatic carboxylic acids is 1. The molecule has 8 nitrogen and oxygen atoms in total. The third kappa shape index (κ3) is 5.02. The van der Waals surface area contributed by atoms with Crippen molar-refractivity contribution < 1.29 is 14.7 Å². The highest BCUT2D eigenvalue weighted by Gasteiger charge is 2.19. The van der Waals surface area contributed by atoms with Gasteiger partial charge < -0.3 is 10.0 Å². The molecule has 0 aliphatic rings. The molecule has 1 amide bonds. The van der Waals surface area contributed by atoms with Crippen molar-refractivity contribution in [1.29, 1.82) is 0 Å². The summed E-state index contributed by atoms with van der Waals surface area (Å²) >= 11 is 5.83. The zero-order chi connectivity index (χ0) is 17.7. The average molecular weight is 352 g/mol. The molecule has 1 aromatic carbocycles. The summed E-state index contributed by atoms with van der Waals surface area (Å²) in [7, 11) is 0. The number of amides is 1. The van der Waals surface area contributed by atoms with E-state index in [0.717, 1.165) is 10.4 Å². The Morgan fingerprint density at radius 3 is 2.54 bits per heavy atom. The third-order valence-corrected chi connectivity index (χ3v) is 3.35. The van der Waals surface area contributed by atoms with Crippen molar-refractivity contribution >= 4 is 23.5 Å². The van der Waals surface area contributed by atoms with E-state index >= 15 is 0 Å². The van der Waals surface area contributed by atoms with Crippen LogP contribution in [0.15, 0.2) is 24.3 Å². The summed E-state index contributed by atoms with van der Waals surface area (Å²) in [5, 5.41) is 21.4. The van der Waals surface area contributed by atoms with Crippen molar-refractivity contribution in [3.8, 4) is 11.4 Å². The van der Waals surface area contributed by atoms with Gasteiger partial charge in [-0.3, -0.25) is 9.59 Å². The van der Waals surface area contributed by atoms with Crippen LogP contribution in [-0.2, 0) is 16.1 Å². The SMILES string of the molecule is CC(C)CN(CC(=O)O)C(=O)Cn1nnc(-c2ccc(Cl)cc2)n1. The van der Waals surface area contributed by atoms with Crippen molar-refractivity contribution in [2.45, 2.75) is 20.4 Å². The highest BCUT2D eigenvalue weighted by atomic mass is 35.5. The van der Waals surface area contributed by atoms with E-state index < -0.39 is 5.97 Å². The highest BCUT2D eigenvalue weighted by molar-refractivity contribution is 6.30. The van der Waals surface area contributed by atoms with Crippen molar-refractivity contribution in [1.82, 2.24) is 25.1 Å². The minimum Gasteiger partial charge on any atom is -0.480 e. The number of hydrogen-bond acceptors (Lipinski definition) is 5. The molecular formula is C15H18ClN5O3. The number of rotatable bonds is 7. The first-order valence-electron chi connectivity index (χ1n) is 7.38. The number of aromatic nitrogens is 4. The molecule has 0 unspecified atom stereocenters. The number of tetrazole rings is 1. The third-order valence-electron chi connectivity index (χ3n) is 3.10. The van der Waals surface area contributed by atoms with E-state index in [-0.39, 0.29) is 24.9 Å². The first-order chi connectivity index (χ1) is 11.3. The first-order valence-corrected chi connectivity index (χ1v) is 7.76. The number of carboxylic acid groups (broad SMARTS) is 1. The normalized spacial score (nSPS) is 10.8. The smallest absolute Gasteiger partial charge is 0.323 e. The van der Waals surface area contributed by atoms with Crippen molar-refractivity contribution in [3.63, 3.8) is 0 Å². The van der Waals surface area contributed by atoms with Crippen LogP contribution in [-0.4, -0.2) is 55.2 Å². The summed E-state index contributed by atoms with van der Waals surface area (Å²) in [4.78, 5) is 25.6. The Morgan fingerprint density at radius 2 is 1.96 bits per heavy atom. The van der Waals surface area contributed by atoms with Crippen LogP contribution in [0.25, 0.3) is 11.4 Å². The second-order valence-corrected chi connectivity index (χ2v) is 6.15. The van der Waals surface area contributed by atoms with Gasteiger partial charge >= 0.3 is 5.97 Å². The van der Waals surface area contributed by atoms with Gasteiger partial charge in [-0.1, -0.05) is 25.4 Å². The Kier molecular flexibility index (Phi) is 5.86. The van der Waals surface area contributed by atoms with E-state index in [4.69, 9.17) is 16.7 Å². The maximum absolute atomic E-state index is 12.3. The van der Waals surface area contributed by atoms with Crippen LogP contribution in [0.4, 0.5) is 0 Å². The molecular weight excluding hydrogens is 334 g/mol. The topological polar surface area (TPSA) is 101 Å². The number of carbonyl (C=O) groups excluding carboxylic acids is 1. The Bertz CT molecular complexity index is 714. The summed E-state index contributed by atoms with van der Waals surface area (Å²) in [5.41, 5.74) is 0.725. The lowest BCUT2D eigenvalue weighted by Crippen LogP contribution is -2.40. The van der Waals surface area contributed by atoms with Gasteiger partial charge in [0.25, 0.3) is 0 Å². The van der Waals surface area contributed by atoms with Gasteiger partial charge in [-0.15, -0.1) is 10.2 Å². The average Bonchev–Trinajstić information content (AvgIpc) is 2.94. The molecule has 128 valence electrons. The van der Waals surface area contributed by atoms with Crippen molar-refractivity contribution in [2.24, 2.45) is 5.92 Å². The Labute approximate surface area is 144 Å². The molecule has 1 heterocycles. The molecule has 0 atom stereocenters. The number of hydrogen-bond donors (Lipinski definition) is 1. The number of carbonyl (C=O) groups is 2. The highest BCUT2D eigenvalue weighted by Crippen LogP contribution is 2.16. The summed E-state index contributed by atoms with van der Waals surface area (Å²) in [5.74, 6) is -0.904. The van der Waals surface area contributed by atoms with Gasteiger partial charge in [0.2, 0.25) is 11.7 Å². The van der Waals surface area contributed by atoms with Crippen LogP contribution in [0.1, 0.15) is 13.8 Å². The largest absolute Gasteiger partial charge is 0.480 e. The van der Waals surface area contributed by atoms with Crippen LogP contribution in [0.5, 0.6) is 0 Å². The van der Waals surface area contributed by atoms with E-state index in [0.29, 0.717) is 17.4 Å². The van der Waals surface area contributed by atoms with Crippen molar-refractivity contribution in [2.75, 3.05) is 13.1 Å². The van der Waals surface area contributed by atoms with E-state index in [1.165, 1.54) is 4.90 Å². The molecule has 1 N–H and O–H groups in total. The van der Waals surface area contributed by atoms with Crippen molar-refractivity contribution in [3.05, 3.63) is 29.3 Å². The molecule has 0 aliphatic heterocycles. The molecule has 0 saturated heterocycles. The first kappa shape index (κ1) is 17.9. The molecule has 1 aromatic heterocycles. The molecule has 2 aromatic rings. The maximum Gasteiger partial charge on any atom is 0.323 e. The van der Waals surface area contributed by atoms with Gasteiger partial charge in [-0.25, -0.2) is 0 Å². The lowest BCUT2D eigenvalue weighted by atomic mass is 10.2.